The quantitative estimate of drug-likeness (QED) is 0.642. The number of hydrogen-bond donors (Lipinski definition) is 3. The van der Waals surface area contributed by atoms with Gasteiger partial charge in [0.25, 0.3) is 5.91 Å². The van der Waals surface area contributed by atoms with Crippen LogP contribution in [0.4, 0.5) is 5.69 Å². The van der Waals surface area contributed by atoms with Crippen molar-refractivity contribution in [3.8, 4) is 5.69 Å². The van der Waals surface area contributed by atoms with Crippen molar-refractivity contribution in [2.75, 3.05) is 11.9 Å². The molecule has 4 rings (SSSR count). The fraction of sp³-hybridized carbons (Fsp3) is 0.267. The van der Waals surface area contributed by atoms with E-state index in [4.69, 9.17) is 0 Å². The van der Waals surface area contributed by atoms with E-state index < -0.39 is 0 Å². The lowest BCUT2D eigenvalue weighted by atomic mass is 10.1. The zero-order valence-corrected chi connectivity index (χ0v) is 14.3. The molecule has 0 aliphatic carbocycles. The topological polar surface area (TPSA) is 113 Å². The largest absolute Gasteiger partial charge is 0.321 e. The number of rotatable bonds is 3. The van der Waals surface area contributed by atoms with Gasteiger partial charge in [0.15, 0.2) is 11.5 Å². The monoisotopic (exact) mass is 360 g/mol. The molecule has 3 N–H and O–H groups in total. The Morgan fingerprint density at radius 1 is 1.36 bits per heavy atom. The number of carbonyl (C=O) groups excluding carboxylic acids is 1. The van der Waals surface area contributed by atoms with E-state index in [1.807, 2.05) is 31.2 Å². The van der Waals surface area contributed by atoms with Gasteiger partial charge < -0.3 is 10.6 Å². The Labute approximate surface area is 149 Å². The summed E-state index contributed by atoms with van der Waals surface area (Å²) in [5.41, 5.74) is 3.83. The second kappa shape index (κ2) is 6.99. The van der Waals surface area contributed by atoms with Crippen LogP contribution >= 0.6 is 12.4 Å². The molecule has 0 bridgehead atoms. The number of carbonyl (C=O) groups is 1. The second-order valence-electron chi connectivity index (χ2n) is 5.60. The van der Waals surface area contributed by atoms with Crippen LogP contribution in [0.5, 0.6) is 0 Å². The minimum Gasteiger partial charge on any atom is -0.321 e. The summed E-state index contributed by atoms with van der Waals surface area (Å²) in [5.74, 6) is 0.438. The molecule has 2 aromatic heterocycles. The molecule has 3 aromatic rings. The average molecular weight is 361 g/mol. The normalized spacial score (nSPS) is 13.0. The van der Waals surface area contributed by atoms with E-state index in [0.717, 1.165) is 29.9 Å². The molecule has 0 fully saturated rings. The number of nitrogens with zero attached hydrogens (tertiary/aromatic N) is 5. The van der Waals surface area contributed by atoms with Gasteiger partial charge in [-0.15, -0.1) is 17.5 Å². The number of H-pyrrole nitrogens is 1. The Morgan fingerprint density at radius 3 is 3.04 bits per heavy atom. The SMILES string of the molecule is Cc1nnnn1-c1cccc(NC(=O)c2n[nH]c3c2CNCC3)c1.Cl. The third-order valence-electron chi connectivity index (χ3n) is 4.00. The highest BCUT2D eigenvalue weighted by atomic mass is 35.5. The van der Waals surface area contributed by atoms with Gasteiger partial charge in [0.05, 0.1) is 5.69 Å². The molecule has 1 aliphatic heterocycles. The molecule has 1 amide bonds. The number of amides is 1. The first-order chi connectivity index (χ1) is 11.7. The summed E-state index contributed by atoms with van der Waals surface area (Å²) >= 11 is 0. The van der Waals surface area contributed by atoms with Crippen LogP contribution in [0.2, 0.25) is 0 Å². The van der Waals surface area contributed by atoms with Crippen molar-refractivity contribution in [2.24, 2.45) is 0 Å². The summed E-state index contributed by atoms with van der Waals surface area (Å²) in [5, 5.41) is 24.7. The number of tetrazole rings is 1. The molecular weight excluding hydrogens is 344 g/mol. The van der Waals surface area contributed by atoms with Crippen LogP contribution in [0.25, 0.3) is 5.69 Å². The number of hydrogen-bond acceptors (Lipinski definition) is 6. The highest BCUT2D eigenvalue weighted by Gasteiger charge is 2.21. The molecule has 0 spiro atoms. The van der Waals surface area contributed by atoms with Crippen molar-refractivity contribution in [2.45, 2.75) is 19.9 Å². The number of nitrogens with one attached hydrogen (secondary N) is 3. The number of aromatic nitrogens is 6. The predicted molar refractivity (Wildman–Crippen MR) is 93.1 cm³/mol. The van der Waals surface area contributed by atoms with E-state index in [0.29, 0.717) is 23.8 Å². The van der Waals surface area contributed by atoms with Crippen molar-refractivity contribution in [3.63, 3.8) is 0 Å². The Bertz CT molecular complexity index is 903. The lowest BCUT2D eigenvalue weighted by Crippen LogP contribution is -2.25. The lowest BCUT2D eigenvalue weighted by Gasteiger charge is -2.13. The van der Waals surface area contributed by atoms with Gasteiger partial charge in [-0.05, 0) is 35.5 Å². The standard InChI is InChI=1S/C15H16N8O.ClH/c1-9-18-21-22-23(9)11-4-2-3-10(7-11)17-15(24)14-12-8-16-6-5-13(12)19-20-14;/h2-4,7,16H,5-6,8H2,1H3,(H,17,24)(H,19,20);1H. The number of benzene rings is 1. The van der Waals surface area contributed by atoms with Crippen LogP contribution in [-0.2, 0) is 13.0 Å². The minimum atomic E-state index is -0.234. The molecule has 9 nitrogen and oxygen atoms in total. The van der Waals surface area contributed by atoms with E-state index in [-0.39, 0.29) is 18.3 Å². The maximum atomic E-state index is 12.5. The molecule has 25 heavy (non-hydrogen) atoms. The summed E-state index contributed by atoms with van der Waals surface area (Å²) in [6.45, 7) is 3.36. The van der Waals surface area contributed by atoms with E-state index in [9.17, 15) is 4.79 Å². The van der Waals surface area contributed by atoms with Crippen LogP contribution in [0.15, 0.2) is 24.3 Å². The Balaban J connectivity index is 0.00000182. The molecule has 1 aliphatic rings. The smallest absolute Gasteiger partial charge is 0.276 e. The van der Waals surface area contributed by atoms with Gasteiger partial charge in [0.2, 0.25) is 0 Å². The van der Waals surface area contributed by atoms with Crippen molar-refractivity contribution in [1.29, 1.82) is 0 Å². The first-order valence-corrected chi connectivity index (χ1v) is 7.66. The highest BCUT2D eigenvalue weighted by molar-refractivity contribution is 6.04. The molecule has 130 valence electrons. The Kier molecular flexibility index (Phi) is 4.77. The summed E-state index contributed by atoms with van der Waals surface area (Å²) in [4.78, 5) is 12.5. The Morgan fingerprint density at radius 2 is 2.24 bits per heavy atom. The Hall–Kier alpha value is -2.78. The molecule has 0 saturated heterocycles. The van der Waals surface area contributed by atoms with E-state index >= 15 is 0 Å². The third-order valence-corrected chi connectivity index (χ3v) is 4.00. The number of aryl methyl sites for hydroxylation is 1. The fourth-order valence-electron chi connectivity index (χ4n) is 2.79. The molecular formula is C15H17ClN8O. The van der Waals surface area contributed by atoms with Gasteiger partial charge in [0, 0.05) is 36.5 Å². The van der Waals surface area contributed by atoms with Gasteiger partial charge >= 0.3 is 0 Å². The van der Waals surface area contributed by atoms with Crippen LogP contribution in [-0.4, -0.2) is 42.9 Å². The van der Waals surface area contributed by atoms with Crippen LogP contribution in [0, 0.1) is 6.92 Å². The zero-order chi connectivity index (χ0) is 16.5. The summed E-state index contributed by atoms with van der Waals surface area (Å²) in [6.07, 6.45) is 0.851. The number of anilines is 1. The van der Waals surface area contributed by atoms with Crippen molar-refractivity contribution < 1.29 is 4.79 Å². The van der Waals surface area contributed by atoms with Crippen LogP contribution in [0.1, 0.15) is 27.6 Å². The highest BCUT2D eigenvalue weighted by Crippen LogP contribution is 2.19. The number of halogens is 1. The molecule has 0 unspecified atom stereocenters. The zero-order valence-electron chi connectivity index (χ0n) is 13.5. The van der Waals surface area contributed by atoms with Gasteiger partial charge in [-0.2, -0.15) is 9.78 Å². The molecule has 0 saturated carbocycles. The maximum Gasteiger partial charge on any atom is 0.276 e. The van der Waals surface area contributed by atoms with E-state index in [2.05, 4.69) is 36.4 Å². The minimum absolute atomic E-state index is 0. The summed E-state index contributed by atoms with van der Waals surface area (Å²) in [7, 11) is 0. The van der Waals surface area contributed by atoms with Gasteiger partial charge in [-0.3, -0.25) is 9.89 Å². The van der Waals surface area contributed by atoms with E-state index in [1.165, 1.54) is 0 Å². The fourth-order valence-corrected chi connectivity index (χ4v) is 2.79. The summed E-state index contributed by atoms with van der Waals surface area (Å²) < 4.78 is 1.61. The molecule has 0 radical (unpaired) electrons. The van der Waals surface area contributed by atoms with Gasteiger partial charge in [-0.25, -0.2) is 0 Å². The maximum absolute atomic E-state index is 12.5. The number of fused-ring (bicyclic) bond motifs is 1. The van der Waals surface area contributed by atoms with Crippen molar-refractivity contribution in [1.82, 2.24) is 35.7 Å². The molecule has 10 heteroatoms. The molecule has 1 aromatic carbocycles. The summed E-state index contributed by atoms with van der Waals surface area (Å²) in [6, 6.07) is 7.35. The van der Waals surface area contributed by atoms with Crippen molar-refractivity contribution >= 4 is 24.0 Å². The molecule has 0 atom stereocenters. The first-order valence-electron chi connectivity index (χ1n) is 7.66. The molecule has 3 heterocycles. The van der Waals surface area contributed by atoms with Gasteiger partial charge in [-0.1, -0.05) is 6.07 Å². The lowest BCUT2D eigenvalue weighted by molar-refractivity contribution is 0.102. The van der Waals surface area contributed by atoms with Crippen LogP contribution in [0.3, 0.4) is 0 Å². The van der Waals surface area contributed by atoms with Crippen LogP contribution < -0.4 is 10.6 Å². The number of aromatic amines is 1. The van der Waals surface area contributed by atoms with E-state index in [1.54, 1.807) is 4.68 Å². The third kappa shape index (κ3) is 3.24. The van der Waals surface area contributed by atoms with Crippen molar-refractivity contribution in [3.05, 3.63) is 47.0 Å². The average Bonchev–Trinajstić information content (AvgIpc) is 3.21. The van der Waals surface area contributed by atoms with Gasteiger partial charge in [0.1, 0.15) is 0 Å². The predicted octanol–water partition coefficient (Wildman–Crippen LogP) is 1.01. The first kappa shape index (κ1) is 17.1. The second-order valence-corrected chi connectivity index (χ2v) is 5.60.